The summed E-state index contributed by atoms with van der Waals surface area (Å²) in [5, 5.41) is 3.24. The lowest BCUT2D eigenvalue weighted by atomic mass is 10.2. The SMILES string of the molecule is C=C.CCNC1=C(C)CC=C(C)C=N1. The smallest absolute Gasteiger partial charge is 0.125 e. The minimum atomic E-state index is 0.934. The largest absolute Gasteiger partial charge is 0.370 e. The number of nitrogens with zero attached hydrogens (tertiary/aromatic N) is 1. The summed E-state index contributed by atoms with van der Waals surface area (Å²) in [7, 11) is 0. The van der Waals surface area contributed by atoms with Crippen LogP contribution in [0.15, 0.2) is 41.2 Å². The molecule has 0 bridgehead atoms. The molecule has 0 spiro atoms. The van der Waals surface area contributed by atoms with Crippen molar-refractivity contribution in [2.24, 2.45) is 4.99 Å². The van der Waals surface area contributed by atoms with E-state index in [0.29, 0.717) is 0 Å². The molecular weight excluding hydrogens is 172 g/mol. The monoisotopic (exact) mass is 192 g/mol. The number of hydrogen-bond acceptors (Lipinski definition) is 2. The van der Waals surface area contributed by atoms with Crippen LogP contribution < -0.4 is 5.32 Å². The Morgan fingerprint density at radius 2 is 2.07 bits per heavy atom. The van der Waals surface area contributed by atoms with Gasteiger partial charge in [-0.1, -0.05) is 6.08 Å². The van der Waals surface area contributed by atoms with Crippen LogP contribution in [0.3, 0.4) is 0 Å². The second-order valence-corrected chi connectivity index (χ2v) is 3.07. The van der Waals surface area contributed by atoms with Gasteiger partial charge in [0, 0.05) is 12.8 Å². The van der Waals surface area contributed by atoms with Gasteiger partial charge in [0.1, 0.15) is 5.82 Å². The summed E-state index contributed by atoms with van der Waals surface area (Å²) >= 11 is 0. The third kappa shape index (κ3) is 4.08. The number of allylic oxidation sites excluding steroid dienone is 3. The summed E-state index contributed by atoms with van der Waals surface area (Å²) in [5.41, 5.74) is 2.55. The van der Waals surface area contributed by atoms with Gasteiger partial charge < -0.3 is 5.32 Å². The molecule has 0 saturated carbocycles. The van der Waals surface area contributed by atoms with E-state index >= 15 is 0 Å². The van der Waals surface area contributed by atoms with Gasteiger partial charge in [0.15, 0.2) is 0 Å². The lowest BCUT2D eigenvalue weighted by Gasteiger charge is -2.05. The molecule has 1 N–H and O–H groups in total. The molecular formula is C12H20N2. The van der Waals surface area contributed by atoms with E-state index in [1.54, 1.807) is 0 Å². The fraction of sp³-hybridized carbons (Fsp3) is 0.417. The highest BCUT2D eigenvalue weighted by Gasteiger charge is 2.01. The Morgan fingerprint density at radius 1 is 1.43 bits per heavy atom. The Hall–Kier alpha value is -1.31. The molecule has 0 aliphatic carbocycles. The molecule has 2 heteroatoms. The van der Waals surface area contributed by atoms with Crippen LogP contribution in [0.1, 0.15) is 27.2 Å². The van der Waals surface area contributed by atoms with Crippen molar-refractivity contribution in [3.05, 3.63) is 36.2 Å². The van der Waals surface area contributed by atoms with Gasteiger partial charge in [-0.05, 0) is 38.3 Å². The normalized spacial score (nSPS) is 15.2. The lowest BCUT2D eigenvalue weighted by molar-refractivity contribution is 0.820. The van der Waals surface area contributed by atoms with E-state index in [0.717, 1.165) is 18.8 Å². The topological polar surface area (TPSA) is 24.4 Å². The minimum absolute atomic E-state index is 0.934. The second-order valence-electron chi connectivity index (χ2n) is 3.07. The summed E-state index contributed by atoms with van der Waals surface area (Å²) in [6.07, 6.45) is 5.12. The first-order valence-corrected chi connectivity index (χ1v) is 4.88. The molecule has 0 fully saturated rings. The van der Waals surface area contributed by atoms with Crippen molar-refractivity contribution in [2.75, 3.05) is 6.54 Å². The van der Waals surface area contributed by atoms with Crippen LogP contribution in [0.4, 0.5) is 0 Å². The van der Waals surface area contributed by atoms with E-state index in [1.807, 2.05) is 6.21 Å². The molecule has 0 aromatic carbocycles. The highest BCUT2D eigenvalue weighted by Crippen LogP contribution is 2.12. The Balaban J connectivity index is 0.000000791. The number of aliphatic imine (C=N–C) groups is 1. The van der Waals surface area contributed by atoms with E-state index in [1.165, 1.54) is 11.1 Å². The van der Waals surface area contributed by atoms with Crippen LogP contribution in [0, 0.1) is 0 Å². The molecule has 14 heavy (non-hydrogen) atoms. The number of rotatable bonds is 2. The third-order valence-corrected chi connectivity index (χ3v) is 1.88. The van der Waals surface area contributed by atoms with Gasteiger partial charge in [-0.15, -0.1) is 13.2 Å². The Bertz CT molecular complexity index is 259. The minimum Gasteiger partial charge on any atom is -0.370 e. The number of hydrogen-bond donors (Lipinski definition) is 1. The van der Waals surface area contributed by atoms with Gasteiger partial charge in [0.05, 0.1) is 0 Å². The quantitative estimate of drug-likeness (QED) is 0.668. The Morgan fingerprint density at radius 3 is 2.64 bits per heavy atom. The molecule has 0 atom stereocenters. The van der Waals surface area contributed by atoms with E-state index in [-0.39, 0.29) is 0 Å². The molecule has 0 aromatic heterocycles. The van der Waals surface area contributed by atoms with Gasteiger partial charge in [-0.3, -0.25) is 0 Å². The molecule has 0 saturated heterocycles. The van der Waals surface area contributed by atoms with Crippen molar-refractivity contribution < 1.29 is 0 Å². The average molecular weight is 192 g/mol. The molecule has 1 heterocycles. The molecule has 0 aromatic rings. The molecule has 0 radical (unpaired) electrons. The van der Waals surface area contributed by atoms with E-state index in [4.69, 9.17) is 0 Å². The first-order valence-electron chi connectivity index (χ1n) is 4.88. The van der Waals surface area contributed by atoms with Crippen molar-refractivity contribution in [3.8, 4) is 0 Å². The summed E-state index contributed by atoms with van der Waals surface area (Å²) in [6.45, 7) is 13.2. The fourth-order valence-electron chi connectivity index (χ4n) is 1.10. The van der Waals surface area contributed by atoms with Crippen LogP contribution in [-0.2, 0) is 0 Å². The zero-order valence-electron chi connectivity index (χ0n) is 9.43. The highest BCUT2D eigenvalue weighted by molar-refractivity contribution is 5.79. The summed E-state index contributed by atoms with van der Waals surface area (Å²) in [5.74, 6) is 1.03. The third-order valence-electron chi connectivity index (χ3n) is 1.88. The second kappa shape index (κ2) is 7.13. The Kier molecular flexibility index (Phi) is 6.46. The van der Waals surface area contributed by atoms with Gasteiger partial charge in [-0.25, -0.2) is 4.99 Å². The van der Waals surface area contributed by atoms with Crippen molar-refractivity contribution in [1.29, 1.82) is 0 Å². The maximum absolute atomic E-state index is 4.35. The first kappa shape index (κ1) is 12.7. The predicted octanol–water partition coefficient (Wildman–Crippen LogP) is 3.05. The van der Waals surface area contributed by atoms with Crippen LogP contribution >= 0.6 is 0 Å². The number of nitrogens with one attached hydrogen (secondary N) is 1. The molecule has 78 valence electrons. The fourth-order valence-corrected chi connectivity index (χ4v) is 1.10. The van der Waals surface area contributed by atoms with Crippen LogP contribution in [-0.4, -0.2) is 12.8 Å². The molecule has 0 unspecified atom stereocenters. The van der Waals surface area contributed by atoms with E-state index in [9.17, 15) is 0 Å². The van der Waals surface area contributed by atoms with Crippen molar-refractivity contribution >= 4 is 6.21 Å². The molecule has 0 amide bonds. The summed E-state index contributed by atoms with van der Waals surface area (Å²) in [6, 6.07) is 0. The van der Waals surface area contributed by atoms with E-state index < -0.39 is 0 Å². The van der Waals surface area contributed by atoms with Gasteiger partial charge in [-0.2, -0.15) is 0 Å². The molecule has 2 nitrogen and oxygen atoms in total. The lowest BCUT2D eigenvalue weighted by Crippen LogP contribution is -2.12. The zero-order valence-corrected chi connectivity index (χ0v) is 9.43. The predicted molar refractivity (Wildman–Crippen MR) is 64.5 cm³/mol. The maximum atomic E-state index is 4.35. The van der Waals surface area contributed by atoms with Crippen molar-refractivity contribution in [3.63, 3.8) is 0 Å². The first-order chi connectivity index (χ1) is 6.74. The van der Waals surface area contributed by atoms with Crippen molar-refractivity contribution in [2.45, 2.75) is 27.2 Å². The maximum Gasteiger partial charge on any atom is 0.125 e. The zero-order chi connectivity index (χ0) is 11.0. The van der Waals surface area contributed by atoms with Gasteiger partial charge >= 0.3 is 0 Å². The van der Waals surface area contributed by atoms with Crippen LogP contribution in [0.25, 0.3) is 0 Å². The Labute approximate surface area is 87.1 Å². The standard InChI is InChI=1S/C10H16N2.C2H4/c1-4-11-10-9(3)6-5-8(2)7-12-10;1-2/h5,7,11H,4,6H2,1-3H3;1-2H2. The summed E-state index contributed by atoms with van der Waals surface area (Å²) in [4.78, 5) is 4.35. The highest BCUT2D eigenvalue weighted by atomic mass is 15.0. The van der Waals surface area contributed by atoms with Gasteiger partial charge in [0.2, 0.25) is 0 Å². The summed E-state index contributed by atoms with van der Waals surface area (Å²) < 4.78 is 0. The molecule has 1 aliphatic heterocycles. The van der Waals surface area contributed by atoms with Crippen LogP contribution in [0.2, 0.25) is 0 Å². The van der Waals surface area contributed by atoms with Crippen LogP contribution in [0.5, 0.6) is 0 Å². The molecule has 1 rings (SSSR count). The van der Waals surface area contributed by atoms with E-state index in [2.05, 4.69) is 50.3 Å². The average Bonchev–Trinajstić information content (AvgIpc) is 2.37. The van der Waals surface area contributed by atoms with Crippen molar-refractivity contribution in [1.82, 2.24) is 5.32 Å². The molecule has 1 aliphatic rings. The van der Waals surface area contributed by atoms with Gasteiger partial charge in [0.25, 0.3) is 0 Å².